The number of fused-ring (bicyclic) bond motifs is 1. The molecule has 2 amide bonds. The van der Waals surface area contributed by atoms with Gasteiger partial charge in [0, 0.05) is 25.7 Å². The number of hydrogen-bond acceptors (Lipinski definition) is 4. The van der Waals surface area contributed by atoms with Gasteiger partial charge < -0.3 is 10.2 Å². The van der Waals surface area contributed by atoms with Crippen LogP contribution in [0.15, 0.2) is 24.3 Å². The monoisotopic (exact) mass is 343 g/mol. The van der Waals surface area contributed by atoms with Gasteiger partial charge in [-0.2, -0.15) is 13.2 Å². The molecule has 1 fully saturated rings. The van der Waals surface area contributed by atoms with Crippen LogP contribution in [0.4, 0.5) is 23.7 Å². The number of alkyl halides is 3. The van der Waals surface area contributed by atoms with Crippen molar-refractivity contribution in [2.24, 2.45) is 0 Å². The number of carbonyl (C=O) groups excluding carboxylic acids is 2. The Morgan fingerprint density at radius 1 is 1.21 bits per heavy atom. The lowest BCUT2D eigenvalue weighted by atomic mass is 10.0. The highest BCUT2D eigenvalue weighted by molar-refractivity contribution is 5.95. The van der Waals surface area contributed by atoms with E-state index in [1.165, 1.54) is 0 Å². The van der Waals surface area contributed by atoms with Gasteiger partial charge in [-0.05, 0) is 24.5 Å². The molecule has 9 heteroatoms. The summed E-state index contributed by atoms with van der Waals surface area (Å²) in [6, 6.07) is 7.11. The summed E-state index contributed by atoms with van der Waals surface area (Å²) in [7, 11) is 0. The summed E-state index contributed by atoms with van der Waals surface area (Å²) in [6.07, 6.45) is -4.19. The minimum Gasteiger partial charge on any atom is -0.361 e. The molecule has 6 nitrogen and oxygen atoms in total. The van der Waals surface area contributed by atoms with Gasteiger partial charge in [0.1, 0.15) is 0 Å². The van der Waals surface area contributed by atoms with Crippen molar-refractivity contribution in [2.75, 3.05) is 18.0 Å². The van der Waals surface area contributed by atoms with E-state index in [1.54, 1.807) is 4.90 Å². The van der Waals surface area contributed by atoms with Crippen LogP contribution in [-0.4, -0.2) is 42.4 Å². The standard InChI is InChI=1S/C15H16F3N3O3/c16-15(17,18)13(22)24-20-7-5-11(6-8-20)21-12-4-2-1-3-10(12)9-19-14(21)23/h1-4,11H,5-9H2,(H,19,23). The summed E-state index contributed by atoms with van der Waals surface area (Å²) >= 11 is 0. The highest BCUT2D eigenvalue weighted by Crippen LogP contribution is 2.30. The Bertz CT molecular complexity index is 642. The number of carbonyl (C=O) groups is 2. The fourth-order valence-corrected chi connectivity index (χ4v) is 2.98. The average Bonchev–Trinajstić information content (AvgIpc) is 2.55. The second kappa shape index (κ2) is 6.31. The maximum Gasteiger partial charge on any atom is 0.492 e. The Kier molecular flexibility index (Phi) is 4.35. The van der Waals surface area contributed by atoms with Gasteiger partial charge in [0.25, 0.3) is 0 Å². The number of nitrogens with zero attached hydrogens (tertiary/aromatic N) is 2. The Morgan fingerprint density at radius 2 is 1.88 bits per heavy atom. The molecule has 0 aliphatic carbocycles. The van der Waals surface area contributed by atoms with Crippen molar-refractivity contribution in [2.45, 2.75) is 31.6 Å². The van der Waals surface area contributed by atoms with Crippen LogP contribution >= 0.6 is 0 Å². The largest absolute Gasteiger partial charge is 0.492 e. The Balaban J connectivity index is 1.65. The van der Waals surface area contributed by atoms with E-state index in [0.29, 0.717) is 19.4 Å². The summed E-state index contributed by atoms with van der Waals surface area (Å²) in [5.74, 6) is -2.22. The third-order valence-corrected chi connectivity index (χ3v) is 4.13. The zero-order valence-corrected chi connectivity index (χ0v) is 12.7. The number of hydroxylamine groups is 2. The predicted octanol–water partition coefficient (Wildman–Crippen LogP) is 2.20. The number of anilines is 1. The lowest BCUT2D eigenvalue weighted by Gasteiger charge is -2.40. The lowest BCUT2D eigenvalue weighted by molar-refractivity contribution is -0.241. The average molecular weight is 343 g/mol. The van der Waals surface area contributed by atoms with Crippen LogP contribution in [0, 0.1) is 0 Å². The van der Waals surface area contributed by atoms with Crippen LogP contribution in [0.2, 0.25) is 0 Å². The van der Waals surface area contributed by atoms with Gasteiger partial charge >= 0.3 is 18.2 Å². The molecular weight excluding hydrogens is 327 g/mol. The molecule has 1 aromatic carbocycles. The molecule has 0 bridgehead atoms. The number of benzene rings is 1. The SMILES string of the molecule is O=C1NCc2ccccc2N1C1CCN(OC(=O)C(F)(F)F)CC1. The molecule has 1 aromatic rings. The first kappa shape index (κ1) is 16.6. The topological polar surface area (TPSA) is 61.9 Å². The van der Waals surface area contributed by atoms with Crippen molar-refractivity contribution in [3.63, 3.8) is 0 Å². The Morgan fingerprint density at radius 3 is 2.54 bits per heavy atom. The Hall–Kier alpha value is -2.29. The van der Waals surface area contributed by atoms with E-state index in [0.717, 1.165) is 16.3 Å². The number of urea groups is 1. The maximum atomic E-state index is 12.2. The quantitative estimate of drug-likeness (QED) is 0.894. The van der Waals surface area contributed by atoms with Gasteiger partial charge in [0.2, 0.25) is 0 Å². The molecule has 0 unspecified atom stereocenters. The normalized spacial score (nSPS) is 19.6. The Labute approximate surface area is 136 Å². The number of hydrogen-bond donors (Lipinski definition) is 1. The second-order valence-corrected chi connectivity index (χ2v) is 5.69. The zero-order chi connectivity index (χ0) is 17.3. The van der Waals surface area contributed by atoms with Crippen LogP contribution < -0.4 is 10.2 Å². The number of rotatable bonds is 2. The van der Waals surface area contributed by atoms with Gasteiger partial charge in [-0.1, -0.05) is 18.2 Å². The molecule has 1 N–H and O–H groups in total. The van der Waals surface area contributed by atoms with Crippen LogP contribution in [0.3, 0.4) is 0 Å². The molecule has 1 saturated heterocycles. The van der Waals surface area contributed by atoms with Gasteiger partial charge in [-0.3, -0.25) is 4.90 Å². The molecule has 0 radical (unpaired) electrons. The molecule has 0 aromatic heterocycles. The first-order valence-electron chi connectivity index (χ1n) is 7.55. The van der Waals surface area contributed by atoms with E-state index in [9.17, 15) is 22.8 Å². The van der Waals surface area contributed by atoms with E-state index in [4.69, 9.17) is 0 Å². The molecular formula is C15H16F3N3O3. The number of nitrogens with one attached hydrogen (secondary N) is 1. The number of para-hydroxylation sites is 1. The van der Waals surface area contributed by atoms with Crippen molar-refractivity contribution in [3.05, 3.63) is 29.8 Å². The molecule has 2 aliphatic rings. The van der Waals surface area contributed by atoms with Gasteiger partial charge in [0.15, 0.2) is 0 Å². The minimum absolute atomic E-state index is 0.137. The number of halogens is 3. The number of piperidine rings is 1. The first-order chi connectivity index (χ1) is 11.4. The highest BCUT2D eigenvalue weighted by Gasteiger charge is 2.43. The zero-order valence-electron chi connectivity index (χ0n) is 12.7. The minimum atomic E-state index is -5.01. The second-order valence-electron chi connectivity index (χ2n) is 5.69. The molecule has 0 atom stereocenters. The fraction of sp³-hybridized carbons (Fsp3) is 0.467. The van der Waals surface area contributed by atoms with Crippen LogP contribution in [-0.2, 0) is 16.2 Å². The summed E-state index contributed by atoms with van der Waals surface area (Å²) in [4.78, 5) is 29.1. The van der Waals surface area contributed by atoms with Crippen molar-refractivity contribution < 1.29 is 27.6 Å². The summed E-state index contributed by atoms with van der Waals surface area (Å²) in [6.45, 7) is 0.727. The lowest BCUT2D eigenvalue weighted by Crippen LogP contribution is -2.53. The smallest absolute Gasteiger partial charge is 0.361 e. The van der Waals surface area contributed by atoms with E-state index >= 15 is 0 Å². The summed E-state index contributed by atoms with van der Waals surface area (Å²) < 4.78 is 36.7. The third-order valence-electron chi connectivity index (χ3n) is 4.13. The van der Waals surface area contributed by atoms with Crippen LogP contribution in [0.5, 0.6) is 0 Å². The molecule has 0 spiro atoms. The van der Waals surface area contributed by atoms with Gasteiger partial charge in [-0.15, -0.1) is 5.06 Å². The summed E-state index contributed by atoms with van der Waals surface area (Å²) in [5, 5.41) is 3.79. The van der Waals surface area contributed by atoms with E-state index in [2.05, 4.69) is 10.2 Å². The molecule has 2 aliphatic heterocycles. The molecule has 2 heterocycles. The van der Waals surface area contributed by atoms with Crippen molar-refractivity contribution >= 4 is 17.7 Å². The van der Waals surface area contributed by atoms with E-state index in [1.807, 2.05) is 24.3 Å². The van der Waals surface area contributed by atoms with Crippen molar-refractivity contribution in [1.29, 1.82) is 0 Å². The highest BCUT2D eigenvalue weighted by atomic mass is 19.4. The molecule has 24 heavy (non-hydrogen) atoms. The van der Waals surface area contributed by atoms with Crippen molar-refractivity contribution in [3.8, 4) is 0 Å². The predicted molar refractivity (Wildman–Crippen MR) is 77.9 cm³/mol. The first-order valence-corrected chi connectivity index (χ1v) is 7.55. The van der Waals surface area contributed by atoms with Crippen molar-refractivity contribution in [1.82, 2.24) is 10.4 Å². The molecule has 0 saturated carbocycles. The summed E-state index contributed by atoms with van der Waals surface area (Å²) in [5.41, 5.74) is 1.80. The molecule has 130 valence electrons. The van der Waals surface area contributed by atoms with E-state index in [-0.39, 0.29) is 25.2 Å². The van der Waals surface area contributed by atoms with E-state index < -0.39 is 12.1 Å². The third kappa shape index (κ3) is 3.30. The number of amides is 2. The van der Waals surface area contributed by atoms with Crippen LogP contribution in [0.1, 0.15) is 18.4 Å². The van der Waals surface area contributed by atoms with Crippen LogP contribution in [0.25, 0.3) is 0 Å². The molecule has 3 rings (SSSR count). The fourth-order valence-electron chi connectivity index (χ4n) is 2.98. The van der Waals surface area contributed by atoms with Gasteiger partial charge in [-0.25, -0.2) is 9.59 Å². The van der Waals surface area contributed by atoms with Gasteiger partial charge in [0.05, 0.1) is 5.69 Å². The maximum absolute atomic E-state index is 12.2.